The third-order valence-electron chi connectivity index (χ3n) is 10.4. The second-order valence-corrected chi connectivity index (χ2v) is 13.0. The standard InChI is InChI=1S/C33H50O4/c1-5-7-31(37)33(18-19-33)17-15-26(34)12-9-22(2)28-13-14-29-24(8-6-16-32(28,29)4)10-11-25-20-27(35)21-30(36)23(25)3/h9-12,22,26-30,34-36H,3,5-8,13-21H2,1-2,4H3/b12-9+,24-10+,25-11-/t22-,26-,27-,28-,29+,30+,32-/m1/s1. The maximum atomic E-state index is 12.4. The van der Waals surface area contributed by atoms with Gasteiger partial charge in [-0.15, -0.1) is 0 Å². The van der Waals surface area contributed by atoms with Crippen LogP contribution >= 0.6 is 0 Å². The van der Waals surface area contributed by atoms with Crippen LogP contribution in [-0.2, 0) is 4.79 Å². The van der Waals surface area contributed by atoms with Crippen molar-refractivity contribution in [3.05, 3.63) is 47.6 Å². The molecular formula is C33H50O4. The Morgan fingerprint density at radius 1 is 1.16 bits per heavy atom. The molecular weight excluding hydrogens is 460 g/mol. The normalized spacial score (nSPS) is 37.2. The van der Waals surface area contributed by atoms with Crippen molar-refractivity contribution in [3.8, 4) is 0 Å². The summed E-state index contributed by atoms with van der Waals surface area (Å²) in [5, 5.41) is 31.0. The van der Waals surface area contributed by atoms with Crippen molar-refractivity contribution < 1.29 is 20.1 Å². The molecule has 4 heteroatoms. The van der Waals surface area contributed by atoms with Crippen LogP contribution in [-0.4, -0.2) is 39.4 Å². The molecule has 0 saturated heterocycles. The molecule has 4 saturated carbocycles. The van der Waals surface area contributed by atoms with Gasteiger partial charge in [0.25, 0.3) is 0 Å². The summed E-state index contributed by atoms with van der Waals surface area (Å²) in [5.41, 5.74) is 3.38. The number of allylic oxidation sites excluding steroid dienone is 4. The molecule has 0 spiro atoms. The molecule has 0 radical (unpaired) electrons. The lowest BCUT2D eigenvalue weighted by molar-refractivity contribution is -0.124. The predicted molar refractivity (Wildman–Crippen MR) is 150 cm³/mol. The lowest BCUT2D eigenvalue weighted by Crippen LogP contribution is -2.35. The molecule has 4 nitrogen and oxygen atoms in total. The Morgan fingerprint density at radius 2 is 1.92 bits per heavy atom. The first-order valence-corrected chi connectivity index (χ1v) is 14.9. The van der Waals surface area contributed by atoms with Crippen LogP contribution in [0.15, 0.2) is 47.6 Å². The minimum absolute atomic E-state index is 0.122. The fraction of sp³-hybridized carbons (Fsp3) is 0.727. The summed E-state index contributed by atoms with van der Waals surface area (Å²) < 4.78 is 0. The number of fused-ring (bicyclic) bond motifs is 1. The Kier molecular flexibility index (Phi) is 9.03. The summed E-state index contributed by atoms with van der Waals surface area (Å²) >= 11 is 0. The molecule has 3 N–H and O–H groups in total. The van der Waals surface area contributed by atoms with Gasteiger partial charge in [-0.25, -0.2) is 0 Å². The lowest BCUT2D eigenvalue weighted by Gasteiger charge is -2.44. The molecule has 4 aliphatic rings. The van der Waals surface area contributed by atoms with Gasteiger partial charge in [-0.05, 0) is 105 Å². The third kappa shape index (κ3) is 6.23. The zero-order valence-electron chi connectivity index (χ0n) is 23.4. The van der Waals surface area contributed by atoms with Crippen LogP contribution in [0.3, 0.4) is 0 Å². The van der Waals surface area contributed by atoms with Crippen LogP contribution in [0, 0.1) is 28.6 Å². The van der Waals surface area contributed by atoms with Crippen LogP contribution in [0.1, 0.15) is 104 Å². The van der Waals surface area contributed by atoms with Gasteiger partial charge < -0.3 is 15.3 Å². The number of hydrogen-bond donors (Lipinski definition) is 3. The van der Waals surface area contributed by atoms with Crippen molar-refractivity contribution in [2.24, 2.45) is 28.6 Å². The zero-order valence-corrected chi connectivity index (χ0v) is 23.4. The van der Waals surface area contributed by atoms with Crippen molar-refractivity contribution in [2.45, 2.75) is 123 Å². The summed E-state index contributed by atoms with van der Waals surface area (Å²) in [7, 11) is 0. The Labute approximate surface area is 224 Å². The van der Waals surface area contributed by atoms with Crippen molar-refractivity contribution in [3.63, 3.8) is 0 Å². The maximum absolute atomic E-state index is 12.4. The number of aliphatic hydroxyl groups is 3. The largest absolute Gasteiger partial charge is 0.393 e. The number of ketones is 1. The molecule has 0 aromatic carbocycles. The van der Waals surface area contributed by atoms with E-state index in [1.807, 2.05) is 6.08 Å². The molecule has 0 amide bonds. The molecule has 0 heterocycles. The molecule has 4 rings (SSSR count). The molecule has 4 aliphatic carbocycles. The highest BCUT2D eigenvalue weighted by molar-refractivity contribution is 5.87. The van der Waals surface area contributed by atoms with E-state index in [4.69, 9.17) is 0 Å². The van der Waals surface area contributed by atoms with E-state index in [9.17, 15) is 20.1 Å². The minimum atomic E-state index is -0.643. The first kappa shape index (κ1) is 28.5. The Bertz CT molecular complexity index is 938. The fourth-order valence-electron chi connectivity index (χ4n) is 7.88. The molecule has 206 valence electrons. The molecule has 0 aromatic rings. The van der Waals surface area contributed by atoms with E-state index in [-0.39, 0.29) is 10.8 Å². The monoisotopic (exact) mass is 510 g/mol. The lowest BCUT2D eigenvalue weighted by atomic mass is 9.61. The Balaban J connectivity index is 1.37. The van der Waals surface area contributed by atoms with Crippen molar-refractivity contribution in [2.75, 3.05) is 0 Å². The smallest absolute Gasteiger partial charge is 0.139 e. The van der Waals surface area contributed by atoms with Crippen LogP contribution < -0.4 is 0 Å². The number of Topliss-reactive ketones (excluding diaryl/α,β-unsaturated/α-hetero) is 1. The molecule has 0 aromatic heterocycles. The summed E-state index contributed by atoms with van der Waals surface area (Å²) in [4.78, 5) is 12.4. The SMILES string of the molecule is C=C1/C(=C\C=C2/CCC[C@]3(C)[C@@H]([C@H](C)/C=C/[C@@H](O)CCC4(C(=O)CCC)CC4)CC[C@@H]23)C[C@@H](O)C[C@@H]1O. The number of carbonyl (C=O) groups excluding carboxylic acids is 1. The van der Waals surface area contributed by atoms with Gasteiger partial charge in [-0.2, -0.15) is 0 Å². The van der Waals surface area contributed by atoms with Crippen molar-refractivity contribution >= 4 is 5.78 Å². The second kappa shape index (κ2) is 11.7. The summed E-state index contributed by atoms with van der Waals surface area (Å²) in [6, 6.07) is 0. The van der Waals surface area contributed by atoms with Gasteiger partial charge in [0.2, 0.25) is 0 Å². The number of carbonyl (C=O) groups is 1. The zero-order chi connectivity index (χ0) is 26.8. The summed E-state index contributed by atoms with van der Waals surface area (Å²) in [6.45, 7) is 10.9. The van der Waals surface area contributed by atoms with E-state index < -0.39 is 18.3 Å². The van der Waals surface area contributed by atoms with Gasteiger partial charge in [0.05, 0.1) is 18.3 Å². The summed E-state index contributed by atoms with van der Waals surface area (Å²) in [6.07, 6.45) is 19.0. The number of aliphatic hydroxyl groups excluding tert-OH is 3. The first-order chi connectivity index (χ1) is 17.6. The van der Waals surface area contributed by atoms with Gasteiger partial charge >= 0.3 is 0 Å². The van der Waals surface area contributed by atoms with Crippen LogP contribution in [0.25, 0.3) is 0 Å². The van der Waals surface area contributed by atoms with Crippen molar-refractivity contribution in [1.29, 1.82) is 0 Å². The van der Waals surface area contributed by atoms with Gasteiger partial charge in [0, 0.05) is 18.3 Å². The van der Waals surface area contributed by atoms with Gasteiger partial charge in [-0.3, -0.25) is 4.79 Å². The van der Waals surface area contributed by atoms with E-state index in [0.29, 0.717) is 49.2 Å². The molecule has 37 heavy (non-hydrogen) atoms. The van der Waals surface area contributed by atoms with Gasteiger partial charge in [-0.1, -0.05) is 57.2 Å². The predicted octanol–water partition coefficient (Wildman–Crippen LogP) is 6.61. The van der Waals surface area contributed by atoms with E-state index >= 15 is 0 Å². The first-order valence-electron chi connectivity index (χ1n) is 14.9. The highest BCUT2D eigenvalue weighted by Crippen LogP contribution is 2.59. The maximum Gasteiger partial charge on any atom is 0.139 e. The highest BCUT2D eigenvalue weighted by Gasteiger charge is 2.50. The average molecular weight is 511 g/mol. The van der Waals surface area contributed by atoms with Crippen molar-refractivity contribution in [1.82, 2.24) is 0 Å². The van der Waals surface area contributed by atoms with E-state index in [1.54, 1.807) is 0 Å². The summed E-state index contributed by atoms with van der Waals surface area (Å²) in [5.74, 6) is 1.96. The van der Waals surface area contributed by atoms with E-state index in [0.717, 1.165) is 43.3 Å². The minimum Gasteiger partial charge on any atom is -0.393 e. The Hall–Kier alpha value is -1.49. The second-order valence-electron chi connectivity index (χ2n) is 13.0. The number of hydrogen-bond acceptors (Lipinski definition) is 4. The molecule has 7 atom stereocenters. The van der Waals surface area contributed by atoms with E-state index in [1.165, 1.54) is 31.3 Å². The van der Waals surface area contributed by atoms with Crippen LogP contribution in [0.4, 0.5) is 0 Å². The Morgan fingerprint density at radius 3 is 2.62 bits per heavy atom. The van der Waals surface area contributed by atoms with Gasteiger partial charge in [0.1, 0.15) is 5.78 Å². The highest BCUT2D eigenvalue weighted by atomic mass is 16.3. The third-order valence-corrected chi connectivity index (χ3v) is 10.4. The van der Waals surface area contributed by atoms with Gasteiger partial charge in [0.15, 0.2) is 0 Å². The molecule has 0 bridgehead atoms. The van der Waals surface area contributed by atoms with Crippen LogP contribution in [0.5, 0.6) is 0 Å². The van der Waals surface area contributed by atoms with Crippen LogP contribution in [0.2, 0.25) is 0 Å². The number of rotatable bonds is 10. The quantitative estimate of drug-likeness (QED) is 0.289. The van der Waals surface area contributed by atoms with E-state index in [2.05, 4.69) is 45.6 Å². The molecule has 0 aliphatic heterocycles. The molecule has 4 fully saturated rings. The topological polar surface area (TPSA) is 77.8 Å². The molecule has 0 unspecified atom stereocenters. The average Bonchev–Trinajstić information content (AvgIpc) is 3.57. The fourth-order valence-corrected chi connectivity index (χ4v) is 7.88.